The Morgan fingerprint density at radius 1 is 1.05 bits per heavy atom. The monoisotopic (exact) mass is 281 g/mol. The molecule has 0 unspecified atom stereocenters. The standard InChI is InChI=1S/C17H19N3O/c1-4-17(2,3)13-10-11-14-16(19-20(21)18-14)15(13)12-8-6-5-7-9-12/h5-11,21H,4H2,1-3H3. The second kappa shape index (κ2) is 4.88. The van der Waals surface area contributed by atoms with E-state index in [-0.39, 0.29) is 5.41 Å². The van der Waals surface area contributed by atoms with Crippen LogP contribution < -0.4 is 0 Å². The maximum absolute atomic E-state index is 9.57. The van der Waals surface area contributed by atoms with Gasteiger partial charge in [0.15, 0.2) is 0 Å². The first-order chi connectivity index (χ1) is 10.0. The van der Waals surface area contributed by atoms with Crippen molar-refractivity contribution in [3.63, 3.8) is 0 Å². The van der Waals surface area contributed by atoms with Gasteiger partial charge in [0.25, 0.3) is 0 Å². The van der Waals surface area contributed by atoms with Crippen LogP contribution in [0.1, 0.15) is 32.8 Å². The summed E-state index contributed by atoms with van der Waals surface area (Å²) in [4.78, 5) is 0.653. The second-order valence-electron chi connectivity index (χ2n) is 5.93. The Labute approximate surface area is 124 Å². The summed E-state index contributed by atoms with van der Waals surface area (Å²) in [6.07, 6.45) is 1.02. The molecule has 1 aromatic heterocycles. The molecule has 0 radical (unpaired) electrons. The van der Waals surface area contributed by atoms with Crippen LogP contribution in [-0.2, 0) is 5.41 Å². The molecule has 4 heteroatoms. The fourth-order valence-corrected chi connectivity index (χ4v) is 2.62. The molecular formula is C17H19N3O. The summed E-state index contributed by atoms with van der Waals surface area (Å²) in [6, 6.07) is 14.2. The molecule has 0 bridgehead atoms. The van der Waals surface area contributed by atoms with E-state index >= 15 is 0 Å². The molecule has 0 atom stereocenters. The minimum Gasteiger partial charge on any atom is -0.396 e. The van der Waals surface area contributed by atoms with Crippen LogP contribution in [0.15, 0.2) is 42.5 Å². The average molecular weight is 281 g/mol. The normalized spacial score (nSPS) is 12.0. The molecule has 3 rings (SSSR count). The first kappa shape index (κ1) is 13.6. The summed E-state index contributed by atoms with van der Waals surface area (Å²) < 4.78 is 0. The maximum Gasteiger partial charge on any atom is 0.125 e. The van der Waals surface area contributed by atoms with Crippen LogP contribution in [-0.4, -0.2) is 20.4 Å². The van der Waals surface area contributed by atoms with Gasteiger partial charge in [-0.15, -0.1) is 10.2 Å². The van der Waals surface area contributed by atoms with Crippen molar-refractivity contribution in [1.82, 2.24) is 15.2 Å². The van der Waals surface area contributed by atoms with Crippen molar-refractivity contribution in [2.75, 3.05) is 0 Å². The molecule has 0 fully saturated rings. The van der Waals surface area contributed by atoms with Gasteiger partial charge >= 0.3 is 0 Å². The molecule has 3 aromatic rings. The van der Waals surface area contributed by atoms with Crippen LogP contribution in [0.25, 0.3) is 22.2 Å². The quantitative estimate of drug-likeness (QED) is 0.738. The highest BCUT2D eigenvalue weighted by molar-refractivity contribution is 5.93. The smallest absolute Gasteiger partial charge is 0.125 e. The molecule has 0 spiro atoms. The molecule has 0 aliphatic heterocycles. The summed E-state index contributed by atoms with van der Waals surface area (Å²) in [5.74, 6) is 0. The molecule has 1 N–H and O–H groups in total. The molecule has 0 aliphatic carbocycles. The Morgan fingerprint density at radius 2 is 1.76 bits per heavy atom. The van der Waals surface area contributed by atoms with Crippen LogP contribution in [0.3, 0.4) is 0 Å². The SMILES string of the molecule is CCC(C)(C)c1ccc2nn(O)nc2c1-c1ccccc1. The van der Waals surface area contributed by atoms with E-state index in [2.05, 4.69) is 49.2 Å². The van der Waals surface area contributed by atoms with Gasteiger partial charge in [-0.25, -0.2) is 0 Å². The van der Waals surface area contributed by atoms with E-state index in [1.54, 1.807) is 0 Å². The topological polar surface area (TPSA) is 50.9 Å². The Hall–Kier alpha value is -2.36. The molecule has 108 valence electrons. The predicted molar refractivity (Wildman–Crippen MR) is 83.5 cm³/mol. The Morgan fingerprint density at radius 3 is 2.43 bits per heavy atom. The van der Waals surface area contributed by atoms with Crippen molar-refractivity contribution < 1.29 is 5.21 Å². The van der Waals surface area contributed by atoms with Gasteiger partial charge in [0, 0.05) is 5.56 Å². The van der Waals surface area contributed by atoms with Crippen molar-refractivity contribution in [1.29, 1.82) is 0 Å². The summed E-state index contributed by atoms with van der Waals surface area (Å²) in [7, 11) is 0. The highest BCUT2D eigenvalue weighted by Crippen LogP contribution is 2.38. The lowest BCUT2D eigenvalue weighted by Crippen LogP contribution is -2.17. The fourth-order valence-electron chi connectivity index (χ4n) is 2.62. The van der Waals surface area contributed by atoms with E-state index in [1.807, 2.05) is 24.3 Å². The van der Waals surface area contributed by atoms with Crippen LogP contribution in [0, 0.1) is 0 Å². The predicted octanol–water partition coefficient (Wildman–Crippen LogP) is 4.02. The largest absolute Gasteiger partial charge is 0.396 e. The van der Waals surface area contributed by atoms with Gasteiger partial charge in [-0.2, -0.15) is 0 Å². The van der Waals surface area contributed by atoms with Gasteiger partial charge < -0.3 is 5.21 Å². The summed E-state index contributed by atoms with van der Waals surface area (Å²) >= 11 is 0. The first-order valence-corrected chi connectivity index (χ1v) is 7.18. The number of fused-ring (bicyclic) bond motifs is 1. The molecule has 1 heterocycles. The van der Waals surface area contributed by atoms with Gasteiger partial charge in [-0.1, -0.05) is 57.2 Å². The van der Waals surface area contributed by atoms with Crippen molar-refractivity contribution in [2.24, 2.45) is 0 Å². The third-order valence-corrected chi connectivity index (χ3v) is 4.22. The van der Waals surface area contributed by atoms with E-state index in [0.717, 1.165) is 23.1 Å². The van der Waals surface area contributed by atoms with E-state index in [9.17, 15) is 5.21 Å². The molecule has 21 heavy (non-hydrogen) atoms. The number of benzene rings is 2. The van der Waals surface area contributed by atoms with Crippen LogP contribution in [0.5, 0.6) is 0 Å². The van der Waals surface area contributed by atoms with Crippen LogP contribution in [0.4, 0.5) is 0 Å². The number of nitrogens with zero attached hydrogens (tertiary/aromatic N) is 3. The van der Waals surface area contributed by atoms with Crippen LogP contribution >= 0.6 is 0 Å². The zero-order valence-corrected chi connectivity index (χ0v) is 12.5. The number of hydrogen-bond donors (Lipinski definition) is 1. The highest BCUT2D eigenvalue weighted by Gasteiger charge is 2.25. The van der Waals surface area contributed by atoms with E-state index in [0.29, 0.717) is 10.5 Å². The lowest BCUT2D eigenvalue weighted by Gasteiger charge is -2.26. The molecule has 4 nitrogen and oxygen atoms in total. The van der Waals surface area contributed by atoms with Gasteiger partial charge in [0.2, 0.25) is 0 Å². The zero-order valence-electron chi connectivity index (χ0n) is 12.5. The summed E-state index contributed by atoms with van der Waals surface area (Å²) in [5.41, 5.74) is 4.85. The van der Waals surface area contributed by atoms with Crippen LogP contribution in [0.2, 0.25) is 0 Å². The van der Waals surface area contributed by atoms with Crippen molar-refractivity contribution >= 4 is 11.0 Å². The third-order valence-electron chi connectivity index (χ3n) is 4.22. The van der Waals surface area contributed by atoms with Gasteiger partial charge in [-0.05, 0) is 34.0 Å². The lowest BCUT2D eigenvalue weighted by molar-refractivity contribution is 0.113. The molecule has 0 aliphatic rings. The third kappa shape index (κ3) is 2.27. The fraction of sp³-hybridized carbons (Fsp3) is 0.294. The molecule has 2 aromatic carbocycles. The highest BCUT2D eigenvalue weighted by atomic mass is 16.5. The van der Waals surface area contributed by atoms with Crippen molar-refractivity contribution in [3.8, 4) is 11.1 Å². The number of hydrogen-bond acceptors (Lipinski definition) is 3. The molecular weight excluding hydrogens is 262 g/mol. The number of aromatic nitrogens is 3. The van der Waals surface area contributed by atoms with E-state index < -0.39 is 0 Å². The Balaban J connectivity index is 2.38. The summed E-state index contributed by atoms with van der Waals surface area (Å²) in [5, 5.41) is 17.7. The first-order valence-electron chi connectivity index (χ1n) is 7.18. The second-order valence-corrected chi connectivity index (χ2v) is 5.93. The molecule has 0 amide bonds. The molecule has 0 saturated carbocycles. The zero-order chi connectivity index (χ0) is 15.0. The van der Waals surface area contributed by atoms with Gasteiger partial charge in [0.05, 0.1) is 0 Å². The van der Waals surface area contributed by atoms with Crippen molar-refractivity contribution in [3.05, 3.63) is 48.0 Å². The minimum absolute atomic E-state index is 0.0264. The Kier molecular flexibility index (Phi) is 3.16. The Bertz CT molecular complexity index is 775. The van der Waals surface area contributed by atoms with E-state index in [1.165, 1.54) is 5.56 Å². The minimum atomic E-state index is 0.0264. The molecule has 0 saturated heterocycles. The van der Waals surface area contributed by atoms with Crippen molar-refractivity contribution in [2.45, 2.75) is 32.6 Å². The average Bonchev–Trinajstić information content (AvgIpc) is 2.87. The lowest BCUT2D eigenvalue weighted by atomic mass is 9.78. The summed E-state index contributed by atoms with van der Waals surface area (Å²) in [6.45, 7) is 6.63. The van der Waals surface area contributed by atoms with Gasteiger partial charge in [-0.3, -0.25) is 0 Å². The maximum atomic E-state index is 9.57. The number of rotatable bonds is 3. The van der Waals surface area contributed by atoms with Gasteiger partial charge in [0.1, 0.15) is 11.0 Å². The van der Waals surface area contributed by atoms with E-state index in [4.69, 9.17) is 0 Å².